The zero-order chi connectivity index (χ0) is 14.5. The number of aryl methyl sites for hydroxylation is 1. The number of anilines is 1. The number of carbonyl (C=O) groups excluding carboxylic acids is 1. The number of benzene rings is 1. The highest BCUT2D eigenvalue weighted by Gasteiger charge is 2.03. The van der Waals surface area contributed by atoms with Crippen LogP contribution in [0.1, 0.15) is 5.56 Å². The van der Waals surface area contributed by atoms with Gasteiger partial charge in [-0.15, -0.1) is 0 Å². The van der Waals surface area contributed by atoms with E-state index in [0.717, 1.165) is 10.0 Å². The van der Waals surface area contributed by atoms with Gasteiger partial charge in [0, 0.05) is 35.4 Å². The van der Waals surface area contributed by atoms with Crippen molar-refractivity contribution in [3.8, 4) is 5.75 Å². The van der Waals surface area contributed by atoms with Gasteiger partial charge in [-0.3, -0.25) is 9.48 Å². The average Bonchev–Trinajstić information content (AvgIpc) is 2.82. The van der Waals surface area contributed by atoms with Crippen molar-refractivity contribution in [2.75, 3.05) is 12.4 Å². The Balaban J connectivity index is 2.09. The molecular formula is C14H14BrN3O2. The predicted molar refractivity (Wildman–Crippen MR) is 81.6 cm³/mol. The minimum Gasteiger partial charge on any atom is -0.496 e. The fourth-order valence-electron chi connectivity index (χ4n) is 1.65. The smallest absolute Gasteiger partial charge is 0.249 e. The van der Waals surface area contributed by atoms with Gasteiger partial charge < -0.3 is 10.1 Å². The first-order chi connectivity index (χ1) is 9.58. The fourth-order valence-corrected chi connectivity index (χ4v) is 2.03. The quantitative estimate of drug-likeness (QED) is 0.874. The number of methoxy groups -OCH3 is 1. The molecule has 0 radical (unpaired) electrons. The van der Waals surface area contributed by atoms with Gasteiger partial charge in [0.1, 0.15) is 5.75 Å². The lowest BCUT2D eigenvalue weighted by Gasteiger charge is -2.04. The SMILES string of the molecule is COc1ccc(Br)cc1/C=C/C(=O)Nc1ccn(C)n1. The lowest BCUT2D eigenvalue weighted by Crippen LogP contribution is -2.08. The van der Waals surface area contributed by atoms with Crippen molar-refractivity contribution in [2.45, 2.75) is 0 Å². The molecule has 20 heavy (non-hydrogen) atoms. The minimum absolute atomic E-state index is 0.245. The molecule has 6 heteroatoms. The van der Waals surface area contributed by atoms with Gasteiger partial charge in [-0.2, -0.15) is 5.10 Å². The molecule has 0 aliphatic carbocycles. The number of hydrogen-bond acceptors (Lipinski definition) is 3. The maximum atomic E-state index is 11.8. The first-order valence-corrected chi connectivity index (χ1v) is 6.70. The molecule has 0 atom stereocenters. The highest BCUT2D eigenvalue weighted by Crippen LogP contribution is 2.24. The van der Waals surface area contributed by atoms with Crippen molar-refractivity contribution in [3.63, 3.8) is 0 Å². The number of halogens is 1. The Labute approximate surface area is 125 Å². The second kappa shape index (κ2) is 6.38. The third-order valence-electron chi connectivity index (χ3n) is 2.57. The molecule has 0 aliphatic heterocycles. The fraction of sp³-hybridized carbons (Fsp3) is 0.143. The van der Waals surface area contributed by atoms with Gasteiger partial charge in [0.05, 0.1) is 7.11 Å². The Morgan fingerprint density at radius 2 is 2.25 bits per heavy atom. The molecule has 2 aromatic rings. The van der Waals surface area contributed by atoms with Crippen LogP contribution in [0.5, 0.6) is 5.75 Å². The van der Waals surface area contributed by atoms with Gasteiger partial charge in [-0.1, -0.05) is 15.9 Å². The Morgan fingerprint density at radius 3 is 2.90 bits per heavy atom. The summed E-state index contributed by atoms with van der Waals surface area (Å²) in [4.78, 5) is 11.8. The number of rotatable bonds is 4. The number of amides is 1. The molecular weight excluding hydrogens is 322 g/mol. The van der Waals surface area contributed by atoms with Crippen molar-refractivity contribution in [2.24, 2.45) is 7.05 Å². The summed E-state index contributed by atoms with van der Waals surface area (Å²) in [6.07, 6.45) is 4.90. The molecule has 2 rings (SSSR count). The van der Waals surface area contributed by atoms with Gasteiger partial charge in [-0.05, 0) is 24.3 Å². The van der Waals surface area contributed by atoms with Crippen LogP contribution in [0, 0.1) is 0 Å². The summed E-state index contributed by atoms with van der Waals surface area (Å²) in [5, 5.41) is 6.75. The second-order valence-electron chi connectivity index (χ2n) is 4.08. The van der Waals surface area contributed by atoms with E-state index < -0.39 is 0 Å². The average molecular weight is 336 g/mol. The zero-order valence-electron chi connectivity index (χ0n) is 11.1. The van der Waals surface area contributed by atoms with Gasteiger partial charge in [0.2, 0.25) is 5.91 Å². The van der Waals surface area contributed by atoms with E-state index in [1.807, 2.05) is 18.2 Å². The van der Waals surface area contributed by atoms with Crippen molar-refractivity contribution in [3.05, 3.63) is 46.6 Å². The molecule has 1 aromatic heterocycles. The lowest BCUT2D eigenvalue weighted by molar-refractivity contribution is -0.111. The number of nitrogens with one attached hydrogen (secondary N) is 1. The van der Waals surface area contributed by atoms with Gasteiger partial charge in [0.25, 0.3) is 0 Å². The number of hydrogen-bond donors (Lipinski definition) is 1. The largest absolute Gasteiger partial charge is 0.496 e. The molecule has 1 amide bonds. The standard InChI is InChI=1S/C14H14BrN3O2/c1-18-8-7-13(17-18)16-14(19)6-3-10-9-11(15)4-5-12(10)20-2/h3-9H,1-2H3,(H,16,17,19)/b6-3+. The maximum Gasteiger partial charge on any atom is 0.249 e. The summed E-state index contributed by atoms with van der Waals surface area (Å²) < 4.78 is 7.78. The maximum absolute atomic E-state index is 11.8. The third-order valence-corrected chi connectivity index (χ3v) is 3.06. The minimum atomic E-state index is -0.245. The molecule has 1 aromatic carbocycles. The molecule has 0 spiro atoms. The van der Waals surface area contributed by atoms with Crippen molar-refractivity contribution in [1.29, 1.82) is 0 Å². The Morgan fingerprint density at radius 1 is 1.45 bits per heavy atom. The Bertz CT molecular complexity index is 650. The number of carbonyl (C=O) groups is 1. The molecule has 0 saturated heterocycles. The molecule has 1 heterocycles. The normalized spacial score (nSPS) is 10.8. The van der Waals surface area contributed by atoms with Gasteiger partial charge >= 0.3 is 0 Å². The van der Waals surface area contributed by atoms with E-state index in [4.69, 9.17) is 4.74 Å². The van der Waals surface area contributed by atoms with Crippen molar-refractivity contribution < 1.29 is 9.53 Å². The lowest BCUT2D eigenvalue weighted by atomic mass is 10.2. The summed E-state index contributed by atoms with van der Waals surface area (Å²) in [7, 11) is 3.38. The van der Waals surface area contributed by atoms with Crippen LogP contribution in [0.4, 0.5) is 5.82 Å². The highest BCUT2D eigenvalue weighted by atomic mass is 79.9. The van der Waals surface area contributed by atoms with Crippen LogP contribution < -0.4 is 10.1 Å². The highest BCUT2D eigenvalue weighted by molar-refractivity contribution is 9.10. The molecule has 104 valence electrons. The zero-order valence-corrected chi connectivity index (χ0v) is 12.7. The number of nitrogens with zero attached hydrogens (tertiary/aromatic N) is 2. The summed E-state index contributed by atoms with van der Waals surface area (Å²) in [6.45, 7) is 0. The van der Waals surface area contributed by atoms with Crippen LogP contribution in [0.3, 0.4) is 0 Å². The van der Waals surface area contributed by atoms with Crippen molar-refractivity contribution >= 4 is 33.7 Å². The molecule has 0 fully saturated rings. The van der Waals surface area contributed by atoms with E-state index in [0.29, 0.717) is 11.6 Å². The van der Waals surface area contributed by atoms with E-state index in [1.54, 1.807) is 37.2 Å². The summed E-state index contributed by atoms with van der Waals surface area (Å²) in [5.74, 6) is 0.976. The van der Waals surface area contributed by atoms with E-state index >= 15 is 0 Å². The third kappa shape index (κ3) is 3.71. The number of ether oxygens (including phenoxy) is 1. The monoisotopic (exact) mass is 335 g/mol. The first kappa shape index (κ1) is 14.3. The molecule has 1 N–H and O–H groups in total. The first-order valence-electron chi connectivity index (χ1n) is 5.91. The van der Waals surface area contributed by atoms with E-state index in [-0.39, 0.29) is 5.91 Å². The second-order valence-corrected chi connectivity index (χ2v) is 5.00. The van der Waals surface area contributed by atoms with Crippen molar-refractivity contribution in [1.82, 2.24) is 9.78 Å². The Kier molecular flexibility index (Phi) is 4.57. The van der Waals surface area contributed by atoms with E-state index in [9.17, 15) is 4.79 Å². The van der Waals surface area contributed by atoms with Crippen LogP contribution >= 0.6 is 15.9 Å². The topological polar surface area (TPSA) is 56.1 Å². The molecule has 0 aliphatic rings. The van der Waals surface area contributed by atoms with Gasteiger partial charge in [0.15, 0.2) is 5.82 Å². The van der Waals surface area contributed by atoms with Crippen LogP contribution in [0.2, 0.25) is 0 Å². The van der Waals surface area contributed by atoms with Crippen LogP contribution in [0.15, 0.2) is 41.0 Å². The van der Waals surface area contributed by atoms with E-state index in [1.165, 1.54) is 6.08 Å². The van der Waals surface area contributed by atoms with E-state index in [2.05, 4.69) is 26.3 Å². The Hall–Kier alpha value is -2.08. The summed E-state index contributed by atoms with van der Waals surface area (Å²) >= 11 is 3.39. The van der Waals surface area contributed by atoms with Crippen LogP contribution in [-0.2, 0) is 11.8 Å². The number of aromatic nitrogens is 2. The molecule has 0 bridgehead atoms. The molecule has 0 saturated carbocycles. The molecule has 0 unspecified atom stereocenters. The van der Waals surface area contributed by atoms with Gasteiger partial charge in [-0.25, -0.2) is 0 Å². The summed E-state index contributed by atoms with van der Waals surface area (Å²) in [5.41, 5.74) is 0.818. The predicted octanol–water partition coefficient (Wildman–Crippen LogP) is 2.84. The summed E-state index contributed by atoms with van der Waals surface area (Å²) in [6, 6.07) is 7.32. The van der Waals surface area contributed by atoms with Crippen LogP contribution in [-0.4, -0.2) is 22.8 Å². The van der Waals surface area contributed by atoms with Crippen LogP contribution in [0.25, 0.3) is 6.08 Å². The molecule has 5 nitrogen and oxygen atoms in total.